The van der Waals surface area contributed by atoms with Crippen LogP contribution in [0.15, 0.2) is 41.3 Å². The number of hydrogen-bond acceptors (Lipinski definition) is 5. The average Bonchev–Trinajstić information content (AvgIpc) is 3.07. The Kier molecular flexibility index (Phi) is 5.23. The fourth-order valence-electron chi connectivity index (χ4n) is 4.35. The van der Waals surface area contributed by atoms with E-state index in [1.807, 2.05) is 16.7 Å². The molecule has 1 fully saturated rings. The first-order valence-electron chi connectivity index (χ1n) is 10.9. The van der Waals surface area contributed by atoms with Crippen LogP contribution in [0.3, 0.4) is 0 Å². The summed E-state index contributed by atoms with van der Waals surface area (Å²) >= 11 is 0. The number of pyridine rings is 1. The number of aromatic nitrogens is 3. The van der Waals surface area contributed by atoms with E-state index < -0.39 is 0 Å². The summed E-state index contributed by atoms with van der Waals surface area (Å²) in [6.45, 7) is 4.03. The number of carbonyl (C=O) groups is 1. The molecule has 0 saturated carbocycles. The van der Waals surface area contributed by atoms with E-state index in [2.05, 4.69) is 23.6 Å². The Bertz CT molecular complexity index is 1180. The summed E-state index contributed by atoms with van der Waals surface area (Å²) in [6.07, 6.45) is 4.36. The van der Waals surface area contributed by atoms with Crippen molar-refractivity contribution in [3.63, 3.8) is 0 Å². The molecule has 2 aliphatic heterocycles. The minimum atomic E-state index is -0.0461. The number of hydrogen-bond donors (Lipinski definition) is 2. The molecule has 1 amide bonds. The first-order valence-corrected chi connectivity index (χ1v) is 10.9. The third kappa shape index (κ3) is 3.95. The number of amides is 1. The molecule has 0 spiro atoms. The molecule has 1 atom stereocenters. The van der Waals surface area contributed by atoms with Gasteiger partial charge >= 0.3 is 0 Å². The Balaban J connectivity index is 1.49. The molecule has 0 radical (unpaired) electrons. The van der Waals surface area contributed by atoms with Crippen molar-refractivity contribution in [2.45, 2.75) is 51.4 Å². The van der Waals surface area contributed by atoms with Gasteiger partial charge in [0.15, 0.2) is 0 Å². The predicted molar refractivity (Wildman–Crippen MR) is 118 cm³/mol. The van der Waals surface area contributed by atoms with Crippen molar-refractivity contribution in [1.82, 2.24) is 19.4 Å². The summed E-state index contributed by atoms with van der Waals surface area (Å²) in [5.41, 5.74) is 4.21. The second-order valence-corrected chi connectivity index (χ2v) is 8.44. The smallest absolute Gasteiger partial charge is 0.250 e. The van der Waals surface area contributed by atoms with Gasteiger partial charge in [0.2, 0.25) is 5.91 Å². The molecule has 5 rings (SSSR count). The highest BCUT2D eigenvalue weighted by atomic mass is 16.5. The molecule has 1 aromatic carbocycles. The zero-order valence-corrected chi connectivity index (χ0v) is 17.6. The van der Waals surface area contributed by atoms with Gasteiger partial charge in [0, 0.05) is 42.5 Å². The zero-order chi connectivity index (χ0) is 21.4. The Morgan fingerprint density at radius 2 is 2.16 bits per heavy atom. The van der Waals surface area contributed by atoms with E-state index in [0.717, 1.165) is 35.4 Å². The van der Waals surface area contributed by atoms with E-state index in [1.54, 1.807) is 22.9 Å². The number of nitrogens with one attached hydrogen (secondary N) is 2. The van der Waals surface area contributed by atoms with Crippen LogP contribution in [0, 0.1) is 0 Å². The normalized spacial score (nSPS) is 18.3. The molecule has 0 bridgehead atoms. The fraction of sp³-hybridized carbons (Fsp3) is 0.435. The summed E-state index contributed by atoms with van der Waals surface area (Å²) in [7, 11) is 0. The van der Waals surface area contributed by atoms with Gasteiger partial charge in [0.05, 0.1) is 30.3 Å². The number of imidazole rings is 1. The maximum atomic E-state index is 12.7. The number of ether oxygens (including phenoxy) is 1. The SMILES string of the molecule is C[C@H]1CCc2c(ccc3c2nc(CCn2ccccc2=O)n3CC(=O)NC2COC2)N1. The predicted octanol–water partition coefficient (Wildman–Crippen LogP) is 1.70. The second kappa shape index (κ2) is 8.19. The van der Waals surface area contributed by atoms with Crippen molar-refractivity contribution < 1.29 is 9.53 Å². The molecule has 8 heteroatoms. The van der Waals surface area contributed by atoms with Crippen molar-refractivity contribution in [3.05, 3.63) is 58.3 Å². The van der Waals surface area contributed by atoms with Gasteiger partial charge in [0.1, 0.15) is 12.4 Å². The van der Waals surface area contributed by atoms with Gasteiger partial charge in [-0.05, 0) is 38.0 Å². The zero-order valence-electron chi connectivity index (χ0n) is 17.6. The van der Waals surface area contributed by atoms with Crippen LogP contribution in [0.2, 0.25) is 0 Å². The maximum Gasteiger partial charge on any atom is 0.250 e. The third-order valence-corrected chi connectivity index (χ3v) is 6.11. The molecule has 8 nitrogen and oxygen atoms in total. The summed E-state index contributed by atoms with van der Waals surface area (Å²) < 4.78 is 8.83. The van der Waals surface area contributed by atoms with Crippen molar-refractivity contribution in [1.29, 1.82) is 0 Å². The Morgan fingerprint density at radius 1 is 1.29 bits per heavy atom. The Morgan fingerprint density at radius 3 is 2.94 bits per heavy atom. The summed E-state index contributed by atoms with van der Waals surface area (Å²) in [5.74, 6) is 0.771. The lowest BCUT2D eigenvalue weighted by atomic mass is 9.98. The highest BCUT2D eigenvalue weighted by Crippen LogP contribution is 2.32. The number of rotatable bonds is 6. The minimum absolute atomic E-state index is 0.0385. The lowest BCUT2D eigenvalue weighted by molar-refractivity contribution is -0.125. The van der Waals surface area contributed by atoms with Crippen molar-refractivity contribution in [3.8, 4) is 0 Å². The van der Waals surface area contributed by atoms with Crippen LogP contribution in [0.1, 0.15) is 24.7 Å². The lowest BCUT2D eigenvalue weighted by Crippen LogP contribution is -2.49. The number of aryl methyl sites for hydroxylation is 3. The molecule has 3 aromatic rings. The van der Waals surface area contributed by atoms with Crippen LogP contribution in [-0.4, -0.2) is 45.3 Å². The van der Waals surface area contributed by atoms with Crippen LogP contribution in [0.25, 0.3) is 11.0 Å². The summed E-state index contributed by atoms with van der Waals surface area (Å²) in [5, 5.41) is 6.56. The van der Waals surface area contributed by atoms with Gasteiger partial charge in [-0.15, -0.1) is 0 Å². The molecule has 1 saturated heterocycles. The molecule has 4 heterocycles. The third-order valence-electron chi connectivity index (χ3n) is 6.11. The first-order chi connectivity index (χ1) is 15.1. The number of anilines is 1. The molecule has 0 unspecified atom stereocenters. The Labute approximate surface area is 180 Å². The molecule has 162 valence electrons. The highest BCUT2D eigenvalue weighted by Gasteiger charge is 2.24. The summed E-state index contributed by atoms with van der Waals surface area (Å²) in [4.78, 5) is 29.8. The van der Waals surface area contributed by atoms with Crippen LogP contribution in [0.4, 0.5) is 5.69 Å². The molecule has 2 aliphatic rings. The van der Waals surface area contributed by atoms with Crippen LogP contribution < -0.4 is 16.2 Å². The average molecular weight is 422 g/mol. The van der Waals surface area contributed by atoms with E-state index in [9.17, 15) is 9.59 Å². The van der Waals surface area contributed by atoms with Crippen LogP contribution in [0.5, 0.6) is 0 Å². The molecule has 2 aromatic heterocycles. The standard InChI is InChI=1S/C23H27N5O3/c1-15-5-6-17-18(24-15)7-8-19-23(17)26-20(9-11-27-10-3-2-4-22(27)30)28(19)12-21(29)25-16-13-31-14-16/h2-4,7-8,10,15-16,24H,5-6,9,11-14H2,1H3,(H,25,29)/t15-/m0/s1. The van der Waals surface area contributed by atoms with Gasteiger partial charge in [-0.2, -0.15) is 0 Å². The molecule has 0 aliphatic carbocycles. The van der Waals surface area contributed by atoms with E-state index in [-0.39, 0.29) is 24.1 Å². The Hall–Kier alpha value is -3.13. The van der Waals surface area contributed by atoms with E-state index in [1.165, 1.54) is 5.56 Å². The maximum absolute atomic E-state index is 12.7. The lowest BCUT2D eigenvalue weighted by Gasteiger charge is -2.27. The van der Waals surface area contributed by atoms with Gasteiger partial charge in [-0.1, -0.05) is 6.07 Å². The highest BCUT2D eigenvalue weighted by molar-refractivity contribution is 5.87. The van der Waals surface area contributed by atoms with Gasteiger partial charge in [-0.25, -0.2) is 4.98 Å². The molecule has 31 heavy (non-hydrogen) atoms. The van der Waals surface area contributed by atoms with E-state index >= 15 is 0 Å². The summed E-state index contributed by atoms with van der Waals surface area (Å²) in [6, 6.07) is 9.81. The number of carbonyl (C=O) groups excluding carboxylic acids is 1. The van der Waals surface area contributed by atoms with Crippen LogP contribution >= 0.6 is 0 Å². The number of fused-ring (bicyclic) bond motifs is 3. The van der Waals surface area contributed by atoms with Crippen LogP contribution in [-0.2, 0) is 35.5 Å². The molecular weight excluding hydrogens is 394 g/mol. The van der Waals surface area contributed by atoms with E-state index in [0.29, 0.717) is 32.2 Å². The quantitative estimate of drug-likeness (QED) is 0.632. The monoisotopic (exact) mass is 421 g/mol. The van der Waals surface area contributed by atoms with Gasteiger partial charge in [-0.3, -0.25) is 9.59 Å². The second-order valence-electron chi connectivity index (χ2n) is 8.44. The van der Waals surface area contributed by atoms with Gasteiger partial charge in [0.25, 0.3) is 5.56 Å². The number of nitrogens with zero attached hydrogens (tertiary/aromatic N) is 3. The van der Waals surface area contributed by atoms with E-state index in [4.69, 9.17) is 9.72 Å². The van der Waals surface area contributed by atoms with Crippen molar-refractivity contribution in [2.75, 3.05) is 18.5 Å². The topological polar surface area (TPSA) is 90.2 Å². The number of benzene rings is 1. The fourth-order valence-corrected chi connectivity index (χ4v) is 4.35. The van der Waals surface area contributed by atoms with Crippen molar-refractivity contribution >= 4 is 22.6 Å². The molecule has 2 N–H and O–H groups in total. The van der Waals surface area contributed by atoms with Crippen molar-refractivity contribution in [2.24, 2.45) is 0 Å². The largest absolute Gasteiger partial charge is 0.382 e. The molecular formula is C23H27N5O3. The first kappa shape index (κ1) is 19.8. The van der Waals surface area contributed by atoms with Gasteiger partial charge < -0.3 is 24.5 Å². The minimum Gasteiger partial charge on any atom is -0.382 e.